The van der Waals surface area contributed by atoms with E-state index in [1.165, 1.54) is 12.8 Å². The molecule has 2 rings (SSSR count). The summed E-state index contributed by atoms with van der Waals surface area (Å²) in [5.74, 6) is 1.67. The van der Waals surface area contributed by atoms with Crippen LogP contribution in [0.2, 0.25) is 0 Å². The van der Waals surface area contributed by atoms with E-state index >= 15 is 0 Å². The molecule has 5 nitrogen and oxygen atoms in total. The second-order valence-electron chi connectivity index (χ2n) is 4.34. The van der Waals surface area contributed by atoms with Crippen LogP contribution < -0.4 is 15.2 Å². The third kappa shape index (κ3) is 4.07. The van der Waals surface area contributed by atoms with Crippen LogP contribution in [0.4, 0.5) is 5.69 Å². The van der Waals surface area contributed by atoms with Crippen molar-refractivity contribution in [1.82, 2.24) is 4.98 Å². The van der Waals surface area contributed by atoms with Crippen molar-refractivity contribution in [2.45, 2.75) is 19.8 Å². The predicted molar refractivity (Wildman–Crippen MR) is 68.9 cm³/mol. The number of hydrogen-bond donors (Lipinski definition) is 1. The van der Waals surface area contributed by atoms with Gasteiger partial charge in [0.15, 0.2) is 0 Å². The molecule has 1 aromatic heterocycles. The van der Waals surface area contributed by atoms with Gasteiger partial charge >= 0.3 is 0 Å². The Morgan fingerprint density at radius 3 is 2.83 bits per heavy atom. The predicted octanol–water partition coefficient (Wildman–Crippen LogP) is 1.87. The fourth-order valence-corrected chi connectivity index (χ4v) is 1.46. The molecule has 0 spiro atoms. The van der Waals surface area contributed by atoms with Crippen LogP contribution in [0.1, 0.15) is 19.8 Å². The smallest absolute Gasteiger partial charge is 0.240 e. The van der Waals surface area contributed by atoms with Crippen molar-refractivity contribution in [1.29, 1.82) is 0 Å². The molecular formula is C13H20N2O3. The van der Waals surface area contributed by atoms with Gasteiger partial charge in [-0.1, -0.05) is 0 Å². The van der Waals surface area contributed by atoms with Gasteiger partial charge < -0.3 is 19.9 Å². The molecule has 0 aromatic carbocycles. The highest BCUT2D eigenvalue weighted by Gasteiger charge is 2.22. The monoisotopic (exact) mass is 252 g/mol. The maximum absolute atomic E-state index is 5.80. The maximum Gasteiger partial charge on any atom is 0.240 e. The second-order valence-corrected chi connectivity index (χ2v) is 4.34. The number of aromatic nitrogens is 1. The molecule has 1 saturated carbocycles. The number of nitrogens with zero attached hydrogens (tertiary/aromatic N) is 1. The van der Waals surface area contributed by atoms with Crippen molar-refractivity contribution in [3.63, 3.8) is 0 Å². The van der Waals surface area contributed by atoms with Crippen LogP contribution in [0.3, 0.4) is 0 Å². The van der Waals surface area contributed by atoms with E-state index in [0.29, 0.717) is 49.8 Å². The lowest BCUT2D eigenvalue weighted by Gasteiger charge is -2.10. The van der Waals surface area contributed by atoms with Gasteiger partial charge in [0, 0.05) is 12.7 Å². The number of rotatable bonds is 8. The van der Waals surface area contributed by atoms with E-state index in [-0.39, 0.29) is 0 Å². The molecule has 0 bridgehead atoms. The van der Waals surface area contributed by atoms with Gasteiger partial charge in [-0.05, 0) is 31.7 Å². The summed E-state index contributed by atoms with van der Waals surface area (Å²) in [5.41, 5.74) is 6.35. The second kappa shape index (κ2) is 6.44. The molecule has 0 radical (unpaired) electrons. The summed E-state index contributed by atoms with van der Waals surface area (Å²) < 4.78 is 16.2. The van der Waals surface area contributed by atoms with Crippen molar-refractivity contribution >= 4 is 5.69 Å². The van der Waals surface area contributed by atoms with Gasteiger partial charge in [0.1, 0.15) is 6.61 Å². The Morgan fingerprint density at radius 2 is 2.11 bits per heavy atom. The standard InChI is InChI=1S/C13H20N2O3/c1-2-16-7-8-17-12-6-5-11(14)13(15-12)18-9-10-3-4-10/h5-6,10H,2-4,7-9,14H2,1H3. The first-order valence-electron chi connectivity index (χ1n) is 6.39. The van der Waals surface area contributed by atoms with Crippen LogP contribution in [-0.2, 0) is 4.74 Å². The summed E-state index contributed by atoms with van der Waals surface area (Å²) in [5, 5.41) is 0. The average Bonchev–Trinajstić information content (AvgIpc) is 3.19. The number of nitrogens with two attached hydrogens (primary N) is 1. The molecule has 0 amide bonds. The minimum absolute atomic E-state index is 0.468. The van der Waals surface area contributed by atoms with Crippen molar-refractivity contribution in [3.8, 4) is 11.8 Å². The summed E-state index contributed by atoms with van der Waals surface area (Å²) in [6.07, 6.45) is 2.48. The molecule has 5 heteroatoms. The van der Waals surface area contributed by atoms with E-state index in [9.17, 15) is 0 Å². The van der Waals surface area contributed by atoms with Crippen molar-refractivity contribution < 1.29 is 14.2 Å². The molecule has 1 aliphatic rings. The fourth-order valence-electron chi connectivity index (χ4n) is 1.46. The topological polar surface area (TPSA) is 66.6 Å². The molecule has 0 unspecified atom stereocenters. The van der Waals surface area contributed by atoms with E-state index in [1.807, 2.05) is 6.92 Å². The zero-order chi connectivity index (χ0) is 12.8. The lowest BCUT2D eigenvalue weighted by molar-refractivity contribution is 0.108. The third-order valence-corrected chi connectivity index (χ3v) is 2.70. The molecular weight excluding hydrogens is 232 g/mol. The zero-order valence-electron chi connectivity index (χ0n) is 10.7. The normalized spacial score (nSPS) is 14.5. The van der Waals surface area contributed by atoms with E-state index in [4.69, 9.17) is 19.9 Å². The molecule has 2 N–H and O–H groups in total. The highest BCUT2D eigenvalue weighted by atomic mass is 16.5. The highest BCUT2D eigenvalue weighted by molar-refractivity contribution is 5.49. The van der Waals surface area contributed by atoms with E-state index in [2.05, 4.69) is 4.98 Å². The molecule has 1 aliphatic carbocycles. The van der Waals surface area contributed by atoms with Crippen molar-refractivity contribution in [2.24, 2.45) is 5.92 Å². The summed E-state index contributed by atoms with van der Waals surface area (Å²) >= 11 is 0. The molecule has 0 aliphatic heterocycles. The Kier molecular flexibility index (Phi) is 4.64. The van der Waals surface area contributed by atoms with E-state index in [1.54, 1.807) is 12.1 Å². The van der Waals surface area contributed by atoms with Crippen molar-refractivity contribution in [3.05, 3.63) is 12.1 Å². The molecule has 18 heavy (non-hydrogen) atoms. The minimum Gasteiger partial charge on any atom is -0.476 e. The van der Waals surface area contributed by atoms with Crippen LogP contribution in [0.25, 0.3) is 0 Å². The maximum atomic E-state index is 5.80. The average molecular weight is 252 g/mol. The lowest BCUT2D eigenvalue weighted by Crippen LogP contribution is -2.09. The quantitative estimate of drug-likeness (QED) is 0.715. The number of ether oxygens (including phenoxy) is 3. The van der Waals surface area contributed by atoms with Crippen molar-refractivity contribution in [2.75, 3.05) is 32.2 Å². The van der Waals surface area contributed by atoms with Gasteiger partial charge in [0.25, 0.3) is 0 Å². The Balaban J connectivity index is 1.83. The lowest BCUT2D eigenvalue weighted by atomic mass is 10.4. The Labute approximate surface area is 107 Å². The van der Waals surface area contributed by atoms with Gasteiger partial charge in [-0.15, -0.1) is 0 Å². The van der Waals surface area contributed by atoms with E-state index < -0.39 is 0 Å². The van der Waals surface area contributed by atoms with Gasteiger partial charge in [0.05, 0.1) is 18.9 Å². The SMILES string of the molecule is CCOCCOc1ccc(N)c(OCC2CC2)n1. The van der Waals surface area contributed by atoms with Crippen LogP contribution in [0.5, 0.6) is 11.8 Å². The first kappa shape index (κ1) is 13.0. The Morgan fingerprint density at radius 1 is 1.28 bits per heavy atom. The van der Waals surface area contributed by atoms with Gasteiger partial charge in [0.2, 0.25) is 11.8 Å². The van der Waals surface area contributed by atoms with Gasteiger partial charge in [-0.2, -0.15) is 4.98 Å². The summed E-state index contributed by atoms with van der Waals surface area (Å²) in [6, 6.07) is 3.50. The number of hydrogen-bond acceptors (Lipinski definition) is 5. The molecule has 1 fully saturated rings. The largest absolute Gasteiger partial charge is 0.476 e. The van der Waals surface area contributed by atoms with E-state index in [0.717, 1.165) is 0 Å². The molecule has 1 aromatic rings. The van der Waals surface area contributed by atoms with Gasteiger partial charge in [-0.3, -0.25) is 0 Å². The van der Waals surface area contributed by atoms with Crippen LogP contribution >= 0.6 is 0 Å². The highest BCUT2D eigenvalue weighted by Crippen LogP contribution is 2.30. The Bertz CT molecular complexity index is 380. The first-order valence-corrected chi connectivity index (χ1v) is 6.39. The first-order chi connectivity index (χ1) is 8.79. The third-order valence-electron chi connectivity index (χ3n) is 2.70. The summed E-state index contributed by atoms with van der Waals surface area (Å²) in [4.78, 5) is 4.24. The summed E-state index contributed by atoms with van der Waals surface area (Å²) in [6.45, 7) is 4.37. The van der Waals surface area contributed by atoms with Gasteiger partial charge in [-0.25, -0.2) is 0 Å². The number of pyridine rings is 1. The zero-order valence-corrected chi connectivity index (χ0v) is 10.7. The van der Waals surface area contributed by atoms with Crippen LogP contribution in [0.15, 0.2) is 12.1 Å². The van der Waals surface area contributed by atoms with Crippen LogP contribution in [0, 0.1) is 5.92 Å². The number of nitrogen functional groups attached to an aromatic ring is 1. The molecule has 0 saturated heterocycles. The molecule has 0 atom stereocenters. The fraction of sp³-hybridized carbons (Fsp3) is 0.615. The number of anilines is 1. The van der Waals surface area contributed by atoms with Crippen LogP contribution in [-0.4, -0.2) is 31.4 Å². The Hall–Kier alpha value is -1.49. The molecule has 100 valence electrons. The summed E-state index contributed by atoms with van der Waals surface area (Å²) in [7, 11) is 0. The molecule has 1 heterocycles. The minimum atomic E-state index is 0.468.